The van der Waals surface area contributed by atoms with Gasteiger partial charge in [-0.2, -0.15) is 11.8 Å². The number of likely N-dealkylation sites (N-methyl/N-ethyl adjacent to an activating group) is 1. The van der Waals surface area contributed by atoms with Crippen molar-refractivity contribution in [3.05, 3.63) is 0 Å². The van der Waals surface area contributed by atoms with E-state index in [0.717, 1.165) is 12.2 Å². The molecule has 0 aliphatic carbocycles. The smallest absolute Gasteiger partial charge is 0.241 e. The molecule has 1 rings (SSSR count). The van der Waals surface area contributed by atoms with E-state index >= 15 is 0 Å². The fourth-order valence-corrected chi connectivity index (χ4v) is 2.27. The molecule has 98 valence electrons. The number of nitrogens with two attached hydrogens (primary N) is 1. The molecule has 2 N–H and O–H groups in total. The summed E-state index contributed by atoms with van der Waals surface area (Å²) in [4.78, 5) is 26.9. The largest absolute Gasteiger partial charge is 0.344 e. The molecule has 0 unspecified atom stereocenters. The number of nitrogens with zero attached hydrogens (tertiary/aromatic N) is 2. The molecule has 0 aromatic heterocycles. The first-order valence-corrected chi connectivity index (χ1v) is 7.23. The lowest BCUT2D eigenvalue weighted by atomic mass is 10.2. The molecule has 0 bridgehead atoms. The van der Waals surface area contributed by atoms with Crippen LogP contribution in [0.2, 0.25) is 0 Å². The van der Waals surface area contributed by atoms with E-state index < -0.39 is 6.04 Å². The Bertz CT molecular complexity index is 286. The van der Waals surface area contributed by atoms with Crippen LogP contribution in [0.1, 0.15) is 12.8 Å². The summed E-state index contributed by atoms with van der Waals surface area (Å²) in [6.45, 7) is 1.51. The Labute approximate surface area is 107 Å². The van der Waals surface area contributed by atoms with Crippen molar-refractivity contribution in [2.24, 2.45) is 5.73 Å². The van der Waals surface area contributed by atoms with Gasteiger partial charge in [0.2, 0.25) is 11.8 Å². The summed E-state index contributed by atoms with van der Waals surface area (Å²) in [5.41, 5.74) is 5.84. The van der Waals surface area contributed by atoms with E-state index in [9.17, 15) is 9.59 Å². The number of carbonyl (C=O) groups excluding carboxylic acids is 2. The van der Waals surface area contributed by atoms with Gasteiger partial charge in [-0.3, -0.25) is 9.59 Å². The quantitative estimate of drug-likeness (QED) is 0.756. The molecule has 5 nitrogen and oxygen atoms in total. The summed E-state index contributed by atoms with van der Waals surface area (Å²) in [5, 5.41) is 0. The second-order valence-electron chi connectivity index (χ2n) is 4.32. The molecule has 1 heterocycles. The summed E-state index contributed by atoms with van der Waals surface area (Å²) < 4.78 is 0. The van der Waals surface area contributed by atoms with Crippen molar-refractivity contribution >= 4 is 23.6 Å². The summed E-state index contributed by atoms with van der Waals surface area (Å²) in [7, 11) is 1.77. The first kappa shape index (κ1) is 14.3. The van der Waals surface area contributed by atoms with E-state index in [0.29, 0.717) is 19.5 Å². The van der Waals surface area contributed by atoms with Crippen LogP contribution in [0.4, 0.5) is 0 Å². The minimum absolute atomic E-state index is 0.00656. The van der Waals surface area contributed by atoms with Crippen LogP contribution < -0.4 is 5.73 Å². The summed E-state index contributed by atoms with van der Waals surface area (Å²) in [6.07, 6.45) is 3.48. The molecule has 0 aromatic rings. The van der Waals surface area contributed by atoms with Crippen molar-refractivity contribution in [2.45, 2.75) is 18.9 Å². The molecule has 1 saturated heterocycles. The zero-order chi connectivity index (χ0) is 12.8. The van der Waals surface area contributed by atoms with E-state index in [1.807, 2.05) is 6.26 Å². The molecule has 0 spiro atoms. The Hall–Kier alpha value is -0.750. The topological polar surface area (TPSA) is 66.6 Å². The van der Waals surface area contributed by atoms with Gasteiger partial charge in [0, 0.05) is 20.1 Å². The van der Waals surface area contributed by atoms with Crippen molar-refractivity contribution in [1.82, 2.24) is 9.80 Å². The predicted octanol–water partition coefficient (Wildman–Crippen LogP) is -0.242. The molecule has 0 saturated carbocycles. The molecule has 0 aromatic carbocycles. The van der Waals surface area contributed by atoms with Crippen LogP contribution in [0, 0.1) is 0 Å². The number of amides is 2. The average molecular weight is 259 g/mol. The molecule has 0 radical (unpaired) electrons. The Kier molecular flexibility index (Phi) is 5.77. The monoisotopic (exact) mass is 259 g/mol. The Morgan fingerprint density at radius 1 is 1.53 bits per heavy atom. The van der Waals surface area contributed by atoms with Crippen LogP contribution in [0.3, 0.4) is 0 Å². The van der Waals surface area contributed by atoms with Gasteiger partial charge in [0.15, 0.2) is 0 Å². The number of carbonyl (C=O) groups is 2. The molecule has 6 heteroatoms. The van der Waals surface area contributed by atoms with Crippen LogP contribution in [-0.2, 0) is 9.59 Å². The van der Waals surface area contributed by atoms with Crippen LogP contribution in [0.5, 0.6) is 0 Å². The van der Waals surface area contributed by atoms with Gasteiger partial charge in [0.25, 0.3) is 0 Å². The fourth-order valence-electron chi connectivity index (χ4n) is 1.78. The second kappa shape index (κ2) is 6.86. The molecule has 1 fully saturated rings. The van der Waals surface area contributed by atoms with E-state index in [4.69, 9.17) is 5.73 Å². The van der Waals surface area contributed by atoms with Crippen LogP contribution >= 0.6 is 11.8 Å². The number of hydrogen-bond donors (Lipinski definition) is 1. The lowest BCUT2D eigenvalue weighted by Gasteiger charge is -2.23. The van der Waals surface area contributed by atoms with Gasteiger partial charge in [0.05, 0.1) is 12.6 Å². The summed E-state index contributed by atoms with van der Waals surface area (Å²) in [5.74, 6) is 0.768. The number of rotatable bonds is 4. The predicted molar refractivity (Wildman–Crippen MR) is 69.8 cm³/mol. The first-order chi connectivity index (χ1) is 8.06. The maximum atomic E-state index is 12.0. The highest BCUT2D eigenvalue weighted by Crippen LogP contribution is 2.07. The van der Waals surface area contributed by atoms with Crippen LogP contribution in [-0.4, -0.2) is 66.3 Å². The van der Waals surface area contributed by atoms with Crippen molar-refractivity contribution in [1.29, 1.82) is 0 Å². The van der Waals surface area contributed by atoms with Gasteiger partial charge >= 0.3 is 0 Å². The zero-order valence-electron chi connectivity index (χ0n) is 10.5. The maximum Gasteiger partial charge on any atom is 0.241 e. The van der Waals surface area contributed by atoms with Crippen molar-refractivity contribution < 1.29 is 9.59 Å². The lowest BCUT2D eigenvalue weighted by Crippen LogP contribution is -2.46. The molecular formula is C11H21N3O2S. The third-order valence-electron chi connectivity index (χ3n) is 2.94. The average Bonchev–Trinajstić information content (AvgIpc) is 2.48. The Morgan fingerprint density at radius 3 is 2.88 bits per heavy atom. The Balaban J connectivity index is 2.53. The van der Waals surface area contributed by atoms with Gasteiger partial charge in [-0.05, 0) is 24.9 Å². The molecule has 17 heavy (non-hydrogen) atoms. The fraction of sp³-hybridized carbons (Fsp3) is 0.818. The van der Waals surface area contributed by atoms with Gasteiger partial charge < -0.3 is 15.5 Å². The number of thioether (sulfide) groups is 1. The first-order valence-electron chi connectivity index (χ1n) is 5.83. The molecule has 1 atom stereocenters. The van der Waals surface area contributed by atoms with Gasteiger partial charge in [-0.15, -0.1) is 0 Å². The van der Waals surface area contributed by atoms with E-state index in [2.05, 4.69) is 0 Å². The minimum Gasteiger partial charge on any atom is -0.344 e. The third kappa shape index (κ3) is 4.20. The minimum atomic E-state index is -0.473. The van der Waals surface area contributed by atoms with E-state index in [-0.39, 0.29) is 18.4 Å². The standard InChI is InChI=1S/C11H21N3O2S/c1-13-5-3-6-14(8-10(13)15)11(16)9(12)4-7-17-2/h9H,3-8,12H2,1-2H3/t9-/m1/s1. The van der Waals surface area contributed by atoms with E-state index in [1.165, 1.54) is 0 Å². The van der Waals surface area contributed by atoms with Crippen molar-refractivity contribution in [3.63, 3.8) is 0 Å². The molecular weight excluding hydrogens is 238 g/mol. The van der Waals surface area contributed by atoms with Gasteiger partial charge in [0.1, 0.15) is 0 Å². The highest BCUT2D eigenvalue weighted by molar-refractivity contribution is 7.98. The maximum absolute atomic E-state index is 12.0. The van der Waals surface area contributed by atoms with Crippen molar-refractivity contribution in [3.8, 4) is 0 Å². The highest BCUT2D eigenvalue weighted by Gasteiger charge is 2.26. The molecule has 1 aliphatic rings. The van der Waals surface area contributed by atoms with Crippen LogP contribution in [0.15, 0.2) is 0 Å². The second-order valence-corrected chi connectivity index (χ2v) is 5.30. The van der Waals surface area contributed by atoms with Crippen LogP contribution in [0.25, 0.3) is 0 Å². The van der Waals surface area contributed by atoms with E-state index in [1.54, 1.807) is 28.6 Å². The lowest BCUT2D eigenvalue weighted by molar-refractivity contribution is -0.138. The number of hydrogen-bond acceptors (Lipinski definition) is 4. The van der Waals surface area contributed by atoms with Gasteiger partial charge in [-0.1, -0.05) is 0 Å². The normalized spacial score (nSPS) is 19.1. The summed E-state index contributed by atoms with van der Waals surface area (Å²) >= 11 is 1.67. The summed E-state index contributed by atoms with van der Waals surface area (Å²) in [6, 6.07) is -0.473. The molecule has 2 amide bonds. The highest BCUT2D eigenvalue weighted by atomic mass is 32.2. The SMILES string of the molecule is CSCC[C@@H](N)C(=O)N1CCCN(C)C(=O)C1. The molecule has 1 aliphatic heterocycles. The Morgan fingerprint density at radius 2 is 2.24 bits per heavy atom. The zero-order valence-corrected chi connectivity index (χ0v) is 11.3. The van der Waals surface area contributed by atoms with Crippen molar-refractivity contribution in [2.75, 3.05) is 38.7 Å². The third-order valence-corrected chi connectivity index (χ3v) is 3.58. The van der Waals surface area contributed by atoms with Gasteiger partial charge in [-0.25, -0.2) is 0 Å².